The molecule has 0 bridgehead atoms. The van der Waals surface area contributed by atoms with E-state index in [9.17, 15) is 23.7 Å². The summed E-state index contributed by atoms with van der Waals surface area (Å²) in [4.78, 5) is 25.4. The monoisotopic (exact) mass is 313 g/mol. The number of nitrogens with one attached hydrogen (secondary N) is 1. The zero-order chi connectivity index (χ0) is 15.6. The SMILES string of the molecule is O=C(Nc1c(F)cccc1F)c1ccnc(Cl)c1[N+](=O)[O-]. The van der Waals surface area contributed by atoms with E-state index in [1.165, 1.54) is 0 Å². The van der Waals surface area contributed by atoms with Gasteiger partial charge in [0.05, 0.1) is 4.92 Å². The molecule has 0 spiro atoms. The topological polar surface area (TPSA) is 85.1 Å². The van der Waals surface area contributed by atoms with Crippen LogP contribution in [0.2, 0.25) is 5.15 Å². The Labute approximate surface area is 121 Å². The summed E-state index contributed by atoms with van der Waals surface area (Å²) in [5, 5.41) is 12.3. The fourth-order valence-corrected chi connectivity index (χ4v) is 1.81. The summed E-state index contributed by atoms with van der Waals surface area (Å²) in [6.45, 7) is 0. The van der Waals surface area contributed by atoms with Gasteiger partial charge in [-0.05, 0) is 18.2 Å². The average Bonchev–Trinajstić information content (AvgIpc) is 2.42. The molecule has 1 heterocycles. The first-order valence-corrected chi connectivity index (χ1v) is 5.84. The van der Waals surface area contributed by atoms with E-state index in [0.717, 1.165) is 30.5 Å². The Bertz CT molecular complexity index is 719. The Morgan fingerprint density at radius 3 is 2.48 bits per heavy atom. The highest BCUT2D eigenvalue weighted by molar-refractivity contribution is 6.32. The van der Waals surface area contributed by atoms with Crippen molar-refractivity contribution < 1.29 is 18.5 Å². The molecule has 2 rings (SSSR count). The van der Waals surface area contributed by atoms with Gasteiger partial charge in [0.15, 0.2) is 0 Å². The minimum Gasteiger partial charge on any atom is -0.317 e. The maximum Gasteiger partial charge on any atom is 0.319 e. The number of para-hydroxylation sites is 1. The van der Waals surface area contributed by atoms with Crippen LogP contribution in [0.25, 0.3) is 0 Å². The Hall–Kier alpha value is -2.61. The standard InChI is InChI=1S/C12H6ClF2N3O3/c13-11-10(18(20)21)6(4-5-16-11)12(19)17-9-7(14)2-1-3-8(9)15/h1-5H,(H,17,19). The first-order chi connectivity index (χ1) is 9.91. The molecule has 108 valence electrons. The summed E-state index contributed by atoms with van der Waals surface area (Å²) in [5.41, 5.74) is -1.90. The fraction of sp³-hybridized carbons (Fsp3) is 0. The zero-order valence-corrected chi connectivity index (χ0v) is 10.9. The van der Waals surface area contributed by atoms with Crippen LogP contribution in [0.4, 0.5) is 20.2 Å². The molecule has 0 aliphatic heterocycles. The fourth-order valence-electron chi connectivity index (χ4n) is 1.58. The number of carbonyl (C=O) groups is 1. The van der Waals surface area contributed by atoms with Gasteiger partial charge in [0, 0.05) is 6.20 Å². The molecule has 0 saturated heterocycles. The molecule has 0 radical (unpaired) electrons. The van der Waals surface area contributed by atoms with Gasteiger partial charge in [0.1, 0.15) is 22.9 Å². The number of aromatic nitrogens is 1. The molecule has 0 unspecified atom stereocenters. The highest BCUT2D eigenvalue weighted by atomic mass is 35.5. The van der Waals surface area contributed by atoms with Crippen molar-refractivity contribution in [3.63, 3.8) is 0 Å². The lowest BCUT2D eigenvalue weighted by Crippen LogP contribution is -2.16. The number of hydrogen-bond donors (Lipinski definition) is 1. The van der Waals surface area contributed by atoms with E-state index in [2.05, 4.69) is 4.98 Å². The second kappa shape index (κ2) is 5.80. The van der Waals surface area contributed by atoms with Crippen LogP contribution < -0.4 is 5.32 Å². The summed E-state index contributed by atoms with van der Waals surface area (Å²) in [6.07, 6.45) is 1.07. The molecule has 6 nitrogen and oxygen atoms in total. The summed E-state index contributed by atoms with van der Waals surface area (Å²) in [5.74, 6) is -3.09. The number of halogens is 3. The third-order valence-electron chi connectivity index (χ3n) is 2.51. The van der Waals surface area contributed by atoms with Crippen molar-refractivity contribution in [3.8, 4) is 0 Å². The number of benzene rings is 1. The van der Waals surface area contributed by atoms with Gasteiger partial charge < -0.3 is 5.32 Å². The number of nitrogens with zero attached hydrogens (tertiary/aromatic N) is 2. The number of amides is 1. The van der Waals surface area contributed by atoms with Gasteiger partial charge >= 0.3 is 5.69 Å². The maximum absolute atomic E-state index is 13.4. The second-order valence-corrected chi connectivity index (χ2v) is 4.16. The minimum atomic E-state index is -1.07. The van der Waals surface area contributed by atoms with E-state index in [1.54, 1.807) is 0 Å². The zero-order valence-electron chi connectivity index (χ0n) is 10.1. The lowest BCUT2D eigenvalue weighted by Gasteiger charge is -2.08. The van der Waals surface area contributed by atoms with Gasteiger partial charge in [-0.1, -0.05) is 17.7 Å². The number of nitro groups is 1. The van der Waals surface area contributed by atoms with E-state index < -0.39 is 44.6 Å². The predicted molar refractivity (Wildman–Crippen MR) is 70.2 cm³/mol. The lowest BCUT2D eigenvalue weighted by atomic mass is 10.2. The van der Waals surface area contributed by atoms with Crippen molar-refractivity contribution in [2.24, 2.45) is 0 Å². The quantitative estimate of drug-likeness (QED) is 0.536. The third-order valence-corrected chi connectivity index (χ3v) is 2.78. The van der Waals surface area contributed by atoms with Gasteiger partial charge in [-0.2, -0.15) is 0 Å². The van der Waals surface area contributed by atoms with Crippen molar-refractivity contribution in [1.82, 2.24) is 4.98 Å². The molecule has 21 heavy (non-hydrogen) atoms. The Balaban J connectivity index is 2.43. The highest BCUT2D eigenvalue weighted by Crippen LogP contribution is 2.27. The predicted octanol–water partition coefficient (Wildman–Crippen LogP) is 3.17. The smallest absolute Gasteiger partial charge is 0.317 e. The van der Waals surface area contributed by atoms with Crippen LogP contribution in [0, 0.1) is 21.7 Å². The van der Waals surface area contributed by atoms with Crippen LogP contribution in [-0.4, -0.2) is 15.8 Å². The van der Waals surface area contributed by atoms with Gasteiger partial charge in [-0.25, -0.2) is 13.8 Å². The Morgan fingerprint density at radius 2 is 1.90 bits per heavy atom. The van der Waals surface area contributed by atoms with Crippen LogP contribution in [-0.2, 0) is 0 Å². The van der Waals surface area contributed by atoms with E-state index in [-0.39, 0.29) is 0 Å². The first kappa shape index (κ1) is 14.8. The molecule has 9 heteroatoms. The first-order valence-electron chi connectivity index (χ1n) is 5.46. The molecule has 0 aliphatic rings. The molecule has 1 aromatic heterocycles. The number of carbonyl (C=O) groups excluding carboxylic acids is 1. The molecule has 1 aromatic carbocycles. The molecular weight excluding hydrogens is 308 g/mol. The van der Waals surface area contributed by atoms with Crippen molar-refractivity contribution in [2.75, 3.05) is 5.32 Å². The van der Waals surface area contributed by atoms with Gasteiger partial charge in [-0.3, -0.25) is 14.9 Å². The minimum absolute atomic E-state index is 0.456. The van der Waals surface area contributed by atoms with Gasteiger partial charge in [-0.15, -0.1) is 0 Å². The summed E-state index contributed by atoms with van der Waals surface area (Å²) < 4.78 is 26.9. The number of rotatable bonds is 3. The van der Waals surface area contributed by atoms with Gasteiger partial charge in [0.2, 0.25) is 5.15 Å². The van der Waals surface area contributed by atoms with E-state index in [1.807, 2.05) is 5.32 Å². The van der Waals surface area contributed by atoms with Crippen LogP contribution in [0.1, 0.15) is 10.4 Å². The van der Waals surface area contributed by atoms with E-state index >= 15 is 0 Å². The average molecular weight is 314 g/mol. The number of anilines is 1. The molecular formula is C12H6ClF2N3O3. The van der Waals surface area contributed by atoms with Crippen LogP contribution in [0.5, 0.6) is 0 Å². The largest absolute Gasteiger partial charge is 0.319 e. The Morgan fingerprint density at radius 1 is 1.29 bits per heavy atom. The van der Waals surface area contributed by atoms with E-state index in [0.29, 0.717) is 0 Å². The van der Waals surface area contributed by atoms with Gasteiger partial charge in [0.25, 0.3) is 5.91 Å². The molecule has 0 fully saturated rings. The van der Waals surface area contributed by atoms with Crippen molar-refractivity contribution in [1.29, 1.82) is 0 Å². The summed E-state index contributed by atoms with van der Waals surface area (Å²) in [7, 11) is 0. The van der Waals surface area contributed by atoms with Crippen LogP contribution in [0.3, 0.4) is 0 Å². The molecule has 1 amide bonds. The van der Waals surface area contributed by atoms with Crippen LogP contribution in [0.15, 0.2) is 30.5 Å². The Kier molecular flexibility index (Phi) is 4.08. The normalized spacial score (nSPS) is 10.2. The van der Waals surface area contributed by atoms with E-state index in [4.69, 9.17) is 11.6 Å². The number of pyridine rings is 1. The summed E-state index contributed by atoms with van der Waals surface area (Å²) >= 11 is 5.55. The second-order valence-electron chi connectivity index (χ2n) is 3.81. The van der Waals surface area contributed by atoms with Crippen LogP contribution >= 0.6 is 11.6 Å². The third kappa shape index (κ3) is 2.95. The molecule has 2 aromatic rings. The molecule has 0 aliphatic carbocycles. The maximum atomic E-state index is 13.4. The lowest BCUT2D eigenvalue weighted by molar-refractivity contribution is -0.385. The van der Waals surface area contributed by atoms with Crippen molar-refractivity contribution in [3.05, 3.63) is 62.9 Å². The van der Waals surface area contributed by atoms with Crippen molar-refractivity contribution in [2.45, 2.75) is 0 Å². The molecule has 1 N–H and O–H groups in total. The molecule has 0 saturated carbocycles. The summed E-state index contributed by atoms with van der Waals surface area (Å²) in [6, 6.07) is 4.02. The highest BCUT2D eigenvalue weighted by Gasteiger charge is 2.26. The number of hydrogen-bond acceptors (Lipinski definition) is 4. The molecule has 0 atom stereocenters. The van der Waals surface area contributed by atoms with Crippen molar-refractivity contribution >= 4 is 28.9 Å².